The summed E-state index contributed by atoms with van der Waals surface area (Å²) < 4.78 is 6.71. The summed E-state index contributed by atoms with van der Waals surface area (Å²) >= 11 is 0. The van der Waals surface area contributed by atoms with Gasteiger partial charge in [0.05, 0.1) is 0 Å². The number of fused-ring (bicyclic) bond motifs is 4. The first-order valence-electron chi connectivity index (χ1n) is 16.5. The Hall–Kier alpha value is -5.74. The van der Waals surface area contributed by atoms with E-state index in [0.29, 0.717) is 0 Å². The molecule has 4 heteroatoms. The lowest BCUT2D eigenvalue weighted by Gasteiger charge is -2.26. The summed E-state index contributed by atoms with van der Waals surface area (Å²) in [7, 11) is 0. The Morgan fingerprint density at radius 1 is 0.660 bits per heavy atom. The number of furan rings is 1. The molecule has 0 amide bonds. The van der Waals surface area contributed by atoms with Crippen LogP contribution in [0.5, 0.6) is 0 Å². The van der Waals surface area contributed by atoms with Gasteiger partial charge in [0.25, 0.3) is 0 Å². The van der Waals surface area contributed by atoms with Gasteiger partial charge in [0, 0.05) is 33.2 Å². The average Bonchev–Trinajstić information content (AvgIpc) is 3.55. The molecule has 0 fully saturated rings. The maximum Gasteiger partial charge on any atom is 0.170 e. The molecular formula is C43H33N3O. The third-order valence-corrected chi connectivity index (χ3v) is 9.48. The molecule has 2 aliphatic carbocycles. The first kappa shape index (κ1) is 27.6. The molecule has 0 bridgehead atoms. The molecule has 47 heavy (non-hydrogen) atoms. The molecule has 2 heterocycles. The zero-order valence-electron chi connectivity index (χ0n) is 25.9. The van der Waals surface area contributed by atoms with Gasteiger partial charge < -0.3 is 9.73 Å². The molecule has 1 N–H and O–H groups in total. The number of allylic oxidation sites excluding steroid dienone is 3. The van der Waals surface area contributed by atoms with E-state index in [4.69, 9.17) is 14.4 Å². The monoisotopic (exact) mass is 607 g/mol. The summed E-state index contributed by atoms with van der Waals surface area (Å²) in [5.74, 6) is 1.96. The number of hydrogen-bond donors (Lipinski definition) is 1. The Kier molecular flexibility index (Phi) is 6.78. The van der Waals surface area contributed by atoms with Gasteiger partial charge in [-0.3, -0.25) is 0 Å². The number of nitrogens with one attached hydrogen (secondary N) is 1. The highest BCUT2D eigenvalue weighted by molar-refractivity contribution is 6.12. The van der Waals surface area contributed by atoms with Crippen molar-refractivity contribution in [1.82, 2.24) is 5.32 Å². The molecule has 0 saturated heterocycles. The predicted molar refractivity (Wildman–Crippen MR) is 195 cm³/mol. The maximum atomic E-state index is 6.71. The molecule has 1 aliphatic heterocycles. The van der Waals surface area contributed by atoms with Crippen molar-refractivity contribution in [2.24, 2.45) is 15.9 Å². The maximum absolute atomic E-state index is 6.71. The van der Waals surface area contributed by atoms with Crippen LogP contribution in [0.1, 0.15) is 36.6 Å². The quantitative estimate of drug-likeness (QED) is 0.213. The van der Waals surface area contributed by atoms with Crippen molar-refractivity contribution >= 4 is 45.6 Å². The Labute approximate surface area is 273 Å². The van der Waals surface area contributed by atoms with Crippen molar-refractivity contribution in [3.8, 4) is 22.3 Å². The summed E-state index contributed by atoms with van der Waals surface area (Å²) in [5.41, 5.74) is 8.56. The number of amidine groups is 2. The highest BCUT2D eigenvalue weighted by Gasteiger charge is 2.27. The molecule has 5 aromatic carbocycles. The second-order valence-electron chi connectivity index (χ2n) is 12.4. The molecule has 1 aromatic heterocycles. The Morgan fingerprint density at radius 3 is 2.30 bits per heavy atom. The van der Waals surface area contributed by atoms with Crippen molar-refractivity contribution in [2.45, 2.75) is 25.4 Å². The zero-order valence-corrected chi connectivity index (χ0v) is 25.9. The Morgan fingerprint density at radius 2 is 1.45 bits per heavy atom. The van der Waals surface area contributed by atoms with Gasteiger partial charge in [-0.05, 0) is 58.9 Å². The normalized spacial score (nSPS) is 18.6. The van der Waals surface area contributed by atoms with Crippen molar-refractivity contribution in [2.75, 3.05) is 0 Å². The third-order valence-electron chi connectivity index (χ3n) is 9.48. The van der Waals surface area contributed by atoms with E-state index in [1.165, 1.54) is 21.9 Å². The molecule has 4 nitrogen and oxygen atoms in total. The van der Waals surface area contributed by atoms with Crippen LogP contribution in [0.2, 0.25) is 0 Å². The van der Waals surface area contributed by atoms with Crippen LogP contribution in [0.25, 0.3) is 56.1 Å². The fourth-order valence-corrected chi connectivity index (χ4v) is 7.04. The minimum atomic E-state index is -0.399. The van der Waals surface area contributed by atoms with Gasteiger partial charge in [-0.1, -0.05) is 134 Å². The van der Waals surface area contributed by atoms with Crippen LogP contribution >= 0.6 is 0 Å². The van der Waals surface area contributed by atoms with Gasteiger partial charge in [0.1, 0.15) is 22.7 Å². The number of aliphatic imine (C=N–C) groups is 2. The molecule has 2 atom stereocenters. The van der Waals surface area contributed by atoms with Crippen molar-refractivity contribution in [1.29, 1.82) is 0 Å². The number of nitrogens with zero attached hydrogens (tertiary/aromatic N) is 2. The highest BCUT2D eigenvalue weighted by Crippen LogP contribution is 2.36. The first-order valence-corrected chi connectivity index (χ1v) is 16.5. The smallest absolute Gasteiger partial charge is 0.170 e. The van der Waals surface area contributed by atoms with Gasteiger partial charge in [-0.15, -0.1) is 0 Å². The SMILES string of the molecule is C1=CCC(C2=NC(c3ccc(-c4ccc(-c5ccc6ccccc6c5)cc4)c4oc5c(c34)=CCCC=5)N=C(c3ccccc3)N2)C=C1. The fourth-order valence-electron chi connectivity index (χ4n) is 7.04. The standard InChI is InChI=1S/C43H33N3O/c1-3-12-31(13-4-1)41-44-42(32-14-5-2-6-15-32)46-43(45-41)37-26-25-35(40-39(37)36-17-9-10-18-38(36)47-40)30-22-19-29(20-23-30)34-24-21-28-11-7-8-16-33(28)27-34/h1-8,11-14,16-27,32,43H,9-10,15H2,(H,44,45,46). The molecule has 3 aliphatic rings. The van der Waals surface area contributed by atoms with E-state index in [9.17, 15) is 0 Å². The number of hydrogen-bond acceptors (Lipinski definition) is 4. The van der Waals surface area contributed by atoms with Crippen molar-refractivity contribution in [3.05, 3.63) is 155 Å². The summed E-state index contributed by atoms with van der Waals surface area (Å²) in [6.45, 7) is 0. The van der Waals surface area contributed by atoms with Crippen molar-refractivity contribution in [3.63, 3.8) is 0 Å². The molecule has 0 saturated carbocycles. The van der Waals surface area contributed by atoms with Crippen molar-refractivity contribution < 1.29 is 4.42 Å². The number of rotatable bonds is 5. The van der Waals surface area contributed by atoms with Crippen LogP contribution in [0.4, 0.5) is 0 Å². The van der Waals surface area contributed by atoms with E-state index in [-0.39, 0.29) is 5.92 Å². The summed E-state index contributed by atoms with van der Waals surface area (Å²) in [4.78, 5) is 10.5. The van der Waals surface area contributed by atoms with Gasteiger partial charge in [0.2, 0.25) is 0 Å². The van der Waals surface area contributed by atoms with Gasteiger partial charge >= 0.3 is 0 Å². The van der Waals surface area contributed by atoms with Crippen LogP contribution in [0.15, 0.2) is 148 Å². The van der Waals surface area contributed by atoms with Crippen LogP contribution in [-0.4, -0.2) is 11.7 Å². The highest BCUT2D eigenvalue weighted by atomic mass is 16.3. The van der Waals surface area contributed by atoms with Crippen LogP contribution in [0, 0.1) is 5.92 Å². The Bertz CT molecular complexity index is 2410. The molecular weight excluding hydrogens is 574 g/mol. The molecule has 226 valence electrons. The lowest BCUT2D eigenvalue weighted by atomic mass is 9.94. The predicted octanol–water partition coefficient (Wildman–Crippen LogP) is 8.85. The average molecular weight is 608 g/mol. The molecule has 2 unspecified atom stereocenters. The lowest BCUT2D eigenvalue weighted by Crippen LogP contribution is -2.39. The zero-order chi connectivity index (χ0) is 31.2. The minimum absolute atomic E-state index is 0.172. The molecule has 6 aromatic rings. The lowest BCUT2D eigenvalue weighted by molar-refractivity contribution is 0.572. The topological polar surface area (TPSA) is 49.9 Å². The summed E-state index contributed by atoms with van der Waals surface area (Å²) in [6, 6.07) is 38.8. The second kappa shape index (κ2) is 11.6. The minimum Gasteiger partial charge on any atom is -0.456 e. The van der Waals surface area contributed by atoms with Crippen LogP contribution in [-0.2, 0) is 0 Å². The van der Waals surface area contributed by atoms with Crippen LogP contribution < -0.4 is 16.0 Å². The summed E-state index contributed by atoms with van der Waals surface area (Å²) in [5, 5.41) is 8.35. The van der Waals surface area contributed by atoms with E-state index in [1.54, 1.807) is 0 Å². The van der Waals surface area contributed by atoms with E-state index < -0.39 is 6.17 Å². The third kappa shape index (κ3) is 5.03. The van der Waals surface area contributed by atoms with E-state index in [1.807, 2.05) is 6.07 Å². The van der Waals surface area contributed by atoms with E-state index in [2.05, 4.69) is 145 Å². The van der Waals surface area contributed by atoms with E-state index >= 15 is 0 Å². The van der Waals surface area contributed by atoms with E-state index in [0.717, 1.165) is 74.8 Å². The van der Waals surface area contributed by atoms with Gasteiger partial charge in [0.15, 0.2) is 6.17 Å². The second-order valence-corrected chi connectivity index (χ2v) is 12.4. The Balaban J connectivity index is 1.17. The largest absolute Gasteiger partial charge is 0.456 e. The van der Waals surface area contributed by atoms with Gasteiger partial charge in [-0.25, -0.2) is 9.98 Å². The molecule has 9 rings (SSSR count). The first-order chi connectivity index (χ1) is 23.3. The van der Waals surface area contributed by atoms with Gasteiger partial charge in [-0.2, -0.15) is 0 Å². The molecule has 0 spiro atoms. The summed E-state index contributed by atoms with van der Waals surface area (Å²) in [6.07, 6.45) is 15.7. The fraction of sp³-hybridized carbons (Fsp3) is 0.116. The number of benzene rings is 5. The van der Waals surface area contributed by atoms with Crippen LogP contribution in [0.3, 0.4) is 0 Å². The molecule has 0 radical (unpaired) electrons.